The van der Waals surface area contributed by atoms with Crippen LogP contribution in [0.3, 0.4) is 0 Å². The van der Waals surface area contributed by atoms with Gasteiger partial charge < -0.3 is 0 Å². The molecule has 0 fully saturated rings. The Hall–Kier alpha value is -2.42. The molecule has 0 spiro atoms. The minimum atomic E-state index is 0.947. The first kappa shape index (κ1) is 12.6. The van der Waals surface area contributed by atoms with Gasteiger partial charge in [-0.1, -0.05) is 47.7 Å². The zero-order chi connectivity index (χ0) is 14.1. The Morgan fingerprint density at radius 3 is 2.15 bits per heavy atom. The first-order chi connectivity index (χ1) is 9.68. The maximum atomic E-state index is 4.33. The molecule has 0 radical (unpaired) electrons. The van der Waals surface area contributed by atoms with Crippen molar-refractivity contribution in [2.45, 2.75) is 20.8 Å². The lowest BCUT2D eigenvalue weighted by Gasteiger charge is -2.11. The minimum absolute atomic E-state index is 0.947. The first-order valence-corrected chi connectivity index (χ1v) is 6.73. The van der Waals surface area contributed by atoms with Gasteiger partial charge in [-0.2, -0.15) is 0 Å². The molecule has 3 aromatic rings. The van der Waals surface area contributed by atoms with Crippen LogP contribution in [0, 0.1) is 20.8 Å². The average molecular weight is 263 g/mol. The van der Waals surface area contributed by atoms with E-state index >= 15 is 0 Å². The highest BCUT2D eigenvalue weighted by atomic mass is 15.4. The van der Waals surface area contributed by atoms with Crippen LogP contribution in [0.2, 0.25) is 0 Å². The Bertz CT molecular complexity index is 756. The molecule has 3 rings (SSSR count). The molecular formula is C17H17N3. The Kier molecular flexibility index (Phi) is 3.11. The number of hydrogen-bond donors (Lipinski definition) is 0. The van der Waals surface area contributed by atoms with Crippen molar-refractivity contribution < 1.29 is 0 Å². The van der Waals surface area contributed by atoms with E-state index in [4.69, 9.17) is 0 Å². The lowest BCUT2D eigenvalue weighted by Crippen LogP contribution is -2.02. The molecule has 100 valence electrons. The largest absolute Gasteiger partial charge is 0.212 e. The monoisotopic (exact) mass is 263 g/mol. The van der Waals surface area contributed by atoms with Gasteiger partial charge in [0.15, 0.2) is 0 Å². The number of benzene rings is 2. The van der Waals surface area contributed by atoms with E-state index in [1.54, 1.807) is 0 Å². The smallest absolute Gasteiger partial charge is 0.0976 e. The fourth-order valence-corrected chi connectivity index (χ4v) is 2.47. The lowest BCUT2D eigenvalue weighted by atomic mass is 10.0. The summed E-state index contributed by atoms with van der Waals surface area (Å²) in [4.78, 5) is 0. The first-order valence-electron chi connectivity index (χ1n) is 6.73. The fourth-order valence-electron chi connectivity index (χ4n) is 2.47. The van der Waals surface area contributed by atoms with Crippen LogP contribution in [0.15, 0.2) is 48.5 Å². The number of rotatable bonds is 2. The standard InChI is InChI=1S/C17H17N3/c1-12-8-4-6-10-15(12)17-14(3)18-19-20(17)16-11-7-5-9-13(16)2/h4-11H,1-3H3. The van der Waals surface area contributed by atoms with E-state index < -0.39 is 0 Å². The van der Waals surface area contributed by atoms with E-state index in [1.165, 1.54) is 16.7 Å². The summed E-state index contributed by atoms with van der Waals surface area (Å²) in [6, 6.07) is 16.6. The van der Waals surface area contributed by atoms with Crippen molar-refractivity contribution in [2.24, 2.45) is 0 Å². The highest BCUT2D eigenvalue weighted by molar-refractivity contribution is 5.67. The number of para-hydroxylation sites is 1. The van der Waals surface area contributed by atoms with Crippen molar-refractivity contribution in [3.63, 3.8) is 0 Å². The van der Waals surface area contributed by atoms with Gasteiger partial charge in [0.25, 0.3) is 0 Å². The molecule has 0 bridgehead atoms. The second kappa shape index (κ2) is 4.93. The van der Waals surface area contributed by atoms with E-state index in [9.17, 15) is 0 Å². The second-order valence-corrected chi connectivity index (χ2v) is 5.04. The van der Waals surface area contributed by atoms with Crippen LogP contribution in [0.5, 0.6) is 0 Å². The zero-order valence-corrected chi connectivity index (χ0v) is 12.0. The van der Waals surface area contributed by atoms with E-state index in [0.717, 1.165) is 17.1 Å². The molecule has 0 unspecified atom stereocenters. The Labute approximate surface area is 118 Å². The van der Waals surface area contributed by atoms with Crippen molar-refractivity contribution >= 4 is 0 Å². The van der Waals surface area contributed by atoms with E-state index in [-0.39, 0.29) is 0 Å². The summed E-state index contributed by atoms with van der Waals surface area (Å²) in [6.45, 7) is 6.21. The third-order valence-corrected chi connectivity index (χ3v) is 3.58. The Morgan fingerprint density at radius 1 is 0.800 bits per heavy atom. The molecule has 20 heavy (non-hydrogen) atoms. The van der Waals surface area contributed by atoms with E-state index in [2.05, 4.69) is 60.6 Å². The van der Waals surface area contributed by atoms with Gasteiger partial charge in [0, 0.05) is 5.56 Å². The predicted octanol–water partition coefficient (Wildman–Crippen LogP) is 3.86. The molecule has 1 aromatic heterocycles. The number of aromatic nitrogens is 3. The molecule has 1 heterocycles. The van der Waals surface area contributed by atoms with Crippen LogP contribution in [-0.2, 0) is 0 Å². The quantitative estimate of drug-likeness (QED) is 0.703. The second-order valence-electron chi connectivity index (χ2n) is 5.04. The number of hydrogen-bond acceptors (Lipinski definition) is 2. The maximum Gasteiger partial charge on any atom is 0.0976 e. The van der Waals surface area contributed by atoms with Gasteiger partial charge in [0.05, 0.1) is 17.1 Å². The topological polar surface area (TPSA) is 30.7 Å². The van der Waals surface area contributed by atoms with Crippen LogP contribution in [0.1, 0.15) is 16.8 Å². The highest BCUT2D eigenvalue weighted by Crippen LogP contribution is 2.28. The van der Waals surface area contributed by atoms with Crippen LogP contribution >= 0.6 is 0 Å². The molecule has 0 aliphatic carbocycles. The van der Waals surface area contributed by atoms with Crippen LogP contribution < -0.4 is 0 Å². The van der Waals surface area contributed by atoms with E-state index in [0.29, 0.717) is 0 Å². The van der Waals surface area contributed by atoms with Gasteiger partial charge in [0.1, 0.15) is 0 Å². The van der Waals surface area contributed by atoms with E-state index in [1.807, 2.05) is 23.7 Å². The third kappa shape index (κ3) is 2.01. The maximum absolute atomic E-state index is 4.33. The van der Waals surface area contributed by atoms with Gasteiger partial charge in [-0.25, -0.2) is 4.68 Å². The lowest BCUT2D eigenvalue weighted by molar-refractivity contribution is 0.800. The summed E-state index contributed by atoms with van der Waals surface area (Å²) in [5.74, 6) is 0. The molecule has 0 saturated heterocycles. The SMILES string of the molecule is Cc1ccccc1-c1c(C)nnn1-c1ccccc1C. The third-order valence-electron chi connectivity index (χ3n) is 3.58. The summed E-state index contributed by atoms with van der Waals surface area (Å²) >= 11 is 0. The van der Waals surface area contributed by atoms with Crippen LogP contribution in [0.25, 0.3) is 16.9 Å². The Balaban J connectivity index is 2.26. The molecule has 3 heteroatoms. The Morgan fingerprint density at radius 2 is 1.45 bits per heavy atom. The molecule has 0 amide bonds. The molecule has 0 saturated carbocycles. The molecular weight excluding hydrogens is 246 g/mol. The van der Waals surface area contributed by atoms with Gasteiger partial charge in [-0.15, -0.1) is 5.10 Å². The van der Waals surface area contributed by atoms with Crippen molar-refractivity contribution in [1.82, 2.24) is 15.0 Å². The summed E-state index contributed by atoms with van der Waals surface area (Å²) in [5.41, 5.74) is 6.68. The van der Waals surface area contributed by atoms with Crippen molar-refractivity contribution in [3.05, 3.63) is 65.4 Å². The molecule has 0 atom stereocenters. The highest BCUT2D eigenvalue weighted by Gasteiger charge is 2.15. The number of aryl methyl sites for hydroxylation is 3. The molecule has 0 aliphatic rings. The van der Waals surface area contributed by atoms with Gasteiger partial charge >= 0.3 is 0 Å². The zero-order valence-electron chi connectivity index (χ0n) is 12.0. The molecule has 2 aromatic carbocycles. The van der Waals surface area contributed by atoms with Crippen LogP contribution in [-0.4, -0.2) is 15.0 Å². The number of nitrogens with zero attached hydrogens (tertiary/aromatic N) is 3. The molecule has 0 aliphatic heterocycles. The summed E-state index contributed by atoms with van der Waals surface area (Å²) < 4.78 is 1.94. The summed E-state index contributed by atoms with van der Waals surface area (Å²) in [7, 11) is 0. The fraction of sp³-hybridized carbons (Fsp3) is 0.176. The predicted molar refractivity (Wildman–Crippen MR) is 81.0 cm³/mol. The van der Waals surface area contributed by atoms with Crippen molar-refractivity contribution in [1.29, 1.82) is 0 Å². The van der Waals surface area contributed by atoms with Crippen molar-refractivity contribution in [3.8, 4) is 16.9 Å². The average Bonchev–Trinajstić information content (AvgIpc) is 2.82. The molecule has 0 N–H and O–H groups in total. The van der Waals surface area contributed by atoms with Crippen LogP contribution in [0.4, 0.5) is 0 Å². The normalized spacial score (nSPS) is 10.8. The minimum Gasteiger partial charge on any atom is -0.212 e. The van der Waals surface area contributed by atoms with Gasteiger partial charge in [0.2, 0.25) is 0 Å². The molecule has 3 nitrogen and oxygen atoms in total. The van der Waals surface area contributed by atoms with Crippen molar-refractivity contribution in [2.75, 3.05) is 0 Å². The van der Waals surface area contributed by atoms with Gasteiger partial charge in [-0.3, -0.25) is 0 Å². The van der Waals surface area contributed by atoms with Gasteiger partial charge in [-0.05, 0) is 38.0 Å². The summed E-state index contributed by atoms with van der Waals surface area (Å²) in [5, 5.41) is 8.60. The summed E-state index contributed by atoms with van der Waals surface area (Å²) in [6.07, 6.45) is 0.